The highest BCUT2D eigenvalue weighted by Crippen LogP contribution is 2.26. The summed E-state index contributed by atoms with van der Waals surface area (Å²) in [6, 6.07) is 3.74. The second-order valence-electron chi connectivity index (χ2n) is 7.32. The fourth-order valence-corrected chi connectivity index (χ4v) is 2.90. The Bertz CT molecular complexity index is 1360. The smallest absolute Gasteiger partial charge is 0.309 e. The number of aromatic nitrogens is 4. The van der Waals surface area contributed by atoms with Gasteiger partial charge in [-0.2, -0.15) is 18.2 Å². The maximum Gasteiger partial charge on any atom is 0.471 e. The number of nitrogens with one attached hydrogen (secondary N) is 4. The first kappa shape index (κ1) is 26.2. The Morgan fingerprint density at radius 2 is 1.83 bits per heavy atom. The van der Waals surface area contributed by atoms with Crippen LogP contribution in [0.15, 0.2) is 35.3 Å². The highest BCUT2D eigenvalue weighted by Gasteiger charge is 2.43. The molecule has 190 valence electrons. The number of nitrogens with zero attached hydrogens (tertiary/aromatic N) is 4. The van der Waals surface area contributed by atoms with Crippen LogP contribution in [0.5, 0.6) is 0 Å². The lowest BCUT2D eigenvalue weighted by molar-refractivity contribution is -0.170. The summed E-state index contributed by atoms with van der Waals surface area (Å²) in [5, 5.41) is 13.8. The second kappa shape index (κ2) is 10.4. The molecule has 2 aromatic heterocycles. The molecule has 2 heterocycles. The van der Waals surface area contributed by atoms with Gasteiger partial charge in [0.15, 0.2) is 11.2 Å². The Kier molecular flexibility index (Phi) is 7.59. The van der Waals surface area contributed by atoms with Crippen molar-refractivity contribution in [3.63, 3.8) is 0 Å². The summed E-state index contributed by atoms with van der Waals surface area (Å²) in [5.74, 6) is -3.83. The van der Waals surface area contributed by atoms with E-state index in [9.17, 15) is 32.3 Å². The predicted molar refractivity (Wildman–Crippen MR) is 118 cm³/mol. The van der Waals surface area contributed by atoms with Gasteiger partial charge in [0.2, 0.25) is 11.9 Å². The Labute approximate surface area is 199 Å². The van der Waals surface area contributed by atoms with Crippen LogP contribution in [-0.2, 0) is 16.1 Å². The quantitative estimate of drug-likeness (QED) is 0.224. The number of rotatable bonds is 7. The zero-order valence-corrected chi connectivity index (χ0v) is 18.7. The fourth-order valence-electron chi connectivity index (χ4n) is 2.90. The van der Waals surface area contributed by atoms with Crippen LogP contribution in [0.3, 0.4) is 0 Å². The van der Waals surface area contributed by atoms with Crippen LogP contribution < -0.4 is 26.6 Å². The normalized spacial score (nSPS) is 12.2. The number of aromatic amines is 1. The van der Waals surface area contributed by atoms with E-state index >= 15 is 0 Å². The van der Waals surface area contributed by atoms with E-state index in [4.69, 9.17) is 5.21 Å². The molecule has 0 aliphatic carbocycles. The average Bonchev–Trinajstić information content (AvgIpc) is 2.85. The molecule has 0 spiro atoms. The van der Waals surface area contributed by atoms with Crippen molar-refractivity contribution in [2.45, 2.75) is 25.7 Å². The molecule has 0 radical (unpaired) electrons. The number of halogens is 3. The zero-order chi connectivity index (χ0) is 26.6. The molecule has 3 rings (SSSR count). The Balaban J connectivity index is 1.95. The molecule has 0 saturated carbocycles. The van der Waals surface area contributed by atoms with Gasteiger partial charge in [-0.3, -0.25) is 39.6 Å². The molecule has 0 bridgehead atoms. The number of amides is 3. The van der Waals surface area contributed by atoms with Gasteiger partial charge in [0.25, 0.3) is 11.5 Å². The largest absolute Gasteiger partial charge is 0.471 e. The number of hydroxylamine groups is 1. The minimum atomic E-state index is -5.25. The van der Waals surface area contributed by atoms with E-state index in [1.165, 1.54) is 5.48 Å². The fraction of sp³-hybridized carbons (Fsp3) is 0.250. The van der Waals surface area contributed by atoms with E-state index in [2.05, 4.69) is 30.6 Å². The number of hydrogen-bond donors (Lipinski definition) is 5. The van der Waals surface area contributed by atoms with Crippen LogP contribution in [0.1, 0.15) is 23.0 Å². The topological polar surface area (TPSA) is 182 Å². The lowest BCUT2D eigenvalue weighted by Gasteiger charge is -2.23. The Hall–Kier alpha value is -4.44. The van der Waals surface area contributed by atoms with E-state index in [0.29, 0.717) is 4.90 Å². The van der Waals surface area contributed by atoms with Gasteiger partial charge in [-0.25, -0.2) is 15.4 Å². The summed E-state index contributed by atoms with van der Waals surface area (Å²) in [4.78, 5) is 62.5. The first-order valence-corrected chi connectivity index (χ1v) is 10.1. The van der Waals surface area contributed by atoms with Crippen LogP contribution in [0.25, 0.3) is 11.2 Å². The van der Waals surface area contributed by atoms with Crippen LogP contribution in [0.4, 0.5) is 24.8 Å². The highest BCUT2D eigenvalue weighted by molar-refractivity contribution is 5.98. The number of H-pyrrole nitrogens is 1. The number of benzene rings is 1. The molecule has 16 heteroatoms. The molecular formula is C20H19F3N8O5. The van der Waals surface area contributed by atoms with Gasteiger partial charge < -0.3 is 5.32 Å². The van der Waals surface area contributed by atoms with Crippen molar-refractivity contribution < 1.29 is 32.8 Å². The third-order valence-electron chi connectivity index (χ3n) is 4.89. The molecule has 0 fully saturated rings. The molecule has 0 aliphatic rings. The van der Waals surface area contributed by atoms with Crippen LogP contribution in [0.2, 0.25) is 0 Å². The van der Waals surface area contributed by atoms with E-state index in [1.807, 2.05) is 0 Å². The maximum atomic E-state index is 13.3. The van der Waals surface area contributed by atoms with Crippen LogP contribution in [-0.4, -0.2) is 62.1 Å². The summed E-state index contributed by atoms with van der Waals surface area (Å²) < 4.78 is 39.8. The van der Waals surface area contributed by atoms with Crippen molar-refractivity contribution in [2.75, 3.05) is 17.3 Å². The van der Waals surface area contributed by atoms with E-state index < -0.39 is 42.0 Å². The van der Waals surface area contributed by atoms with E-state index in [0.717, 1.165) is 30.5 Å². The molecule has 13 nitrogen and oxygen atoms in total. The van der Waals surface area contributed by atoms with Crippen LogP contribution >= 0.6 is 0 Å². The Morgan fingerprint density at radius 1 is 1.17 bits per heavy atom. The summed E-state index contributed by atoms with van der Waals surface area (Å²) in [6.45, 7) is 0.841. The van der Waals surface area contributed by atoms with Crippen molar-refractivity contribution in [1.82, 2.24) is 30.7 Å². The van der Waals surface area contributed by atoms with Crippen molar-refractivity contribution in [3.8, 4) is 0 Å². The minimum absolute atomic E-state index is 0.0734. The standard InChI is InChI=1S/C20H19F3N8O5/c1-9(24-2)15(32)28-19-27-14-13(17(34)29-19)26-11(7-25-14)8-31(18(35)20(21,22)23)12-5-3-10(4-6-12)16(33)30-36/h3-7,9,24,36H,8H2,1-2H3,(H,30,33)(H2,25,27,28,29,32,34). The molecular weight excluding hydrogens is 489 g/mol. The van der Waals surface area contributed by atoms with Crippen molar-refractivity contribution in [3.05, 3.63) is 52.1 Å². The number of carbonyl (C=O) groups excluding carboxylic acids is 3. The summed E-state index contributed by atoms with van der Waals surface area (Å²) in [7, 11) is 1.56. The number of carbonyl (C=O) groups is 3. The number of likely N-dealkylation sites (N-methyl/N-ethyl adjacent to an activating group) is 1. The number of hydrogen-bond acceptors (Lipinski definition) is 9. The lowest BCUT2D eigenvalue weighted by atomic mass is 10.1. The molecule has 1 aromatic carbocycles. The maximum absolute atomic E-state index is 13.3. The van der Waals surface area contributed by atoms with Gasteiger partial charge in [-0.15, -0.1) is 0 Å². The summed E-state index contributed by atoms with van der Waals surface area (Å²) in [5.41, 5.74) is -0.456. The summed E-state index contributed by atoms with van der Waals surface area (Å²) in [6.07, 6.45) is -4.22. The van der Waals surface area contributed by atoms with Gasteiger partial charge in [0.1, 0.15) is 0 Å². The third kappa shape index (κ3) is 5.78. The van der Waals surface area contributed by atoms with E-state index in [1.54, 1.807) is 14.0 Å². The number of anilines is 2. The molecule has 3 aromatic rings. The van der Waals surface area contributed by atoms with E-state index in [-0.39, 0.29) is 34.1 Å². The van der Waals surface area contributed by atoms with Gasteiger partial charge in [-0.05, 0) is 38.2 Å². The van der Waals surface area contributed by atoms with Crippen molar-refractivity contribution in [2.24, 2.45) is 0 Å². The SMILES string of the molecule is CNC(C)C(=O)Nc1nc2ncc(CN(C(=O)C(F)(F)F)c3ccc(C(=O)NO)cc3)nc2c(=O)[nH]1. The lowest BCUT2D eigenvalue weighted by Crippen LogP contribution is -2.41. The Morgan fingerprint density at radius 3 is 2.42 bits per heavy atom. The minimum Gasteiger partial charge on any atom is -0.309 e. The van der Waals surface area contributed by atoms with Gasteiger partial charge in [0.05, 0.1) is 24.5 Å². The summed E-state index contributed by atoms with van der Waals surface area (Å²) >= 11 is 0. The first-order valence-electron chi connectivity index (χ1n) is 10.1. The molecule has 1 atom stereocenters. The monoisotopic (exact) mass is 508 g/mol. The third-order valence-corrected chi connectivity index (χ3v) is 4.89. The second-order valence-corrected chi connectivity index (χ2v) is 7.32. The molecule has 0 saturated heterocycles. The van der Waals surface area contributed by atoms with Crippen molar-refractivity contribution in [1.29, 1.82) is 0 Å². The zero-order valence-electron chi connectivity index (χ0n) is 18.7. The molecule has 0 aliphatic heterocycles. The predicted octanol–water partition coefficient (Wildman–Crippen LogP) is 0.474. The first-order chi connectivity index (χ1) is 16.9. The number of alkyl halides is 3. The van der Waals surface area contributed by atoms with Gasteiger partial charge in [0, 0.05) is 11.3 Å². The highest BCUT2D eigenvalue weighted by atomic mass is 19.4. The van der Waals surface area contributed by atoms with Gasteiger partial charge in [-0.1, -0.05) is 0 Å². The number of fused-ring (bicyclic) bond motifs is 1. The molecule has 5 N–H and O–H groups in total. The van der Waals surface area contributed by atoms with Gasteiger partial charge >= 0.3 is 12.1 Å². The molecule has 1 unspecified atom stereocenters. The average molecular weight is 508 g/mol. The molecule has 36 heavy (non-hydrogen) atoms. The molecule has 3 amide bonds. The van der Waals surface area contributed by atoms with Crippen LogP contribution in [0, 0.1) is 0 Å². The van der Waals surface area contributed by atoms with Crippen molar-refractivity contribution >= 4 is 40.5 Å².